The van der Waals surface area contributed by atoms with Crippen molar-refractivity contribution >= 4 is 12.6 Å². The molecule has 2 heteroatoms. The van der Waals surface area contributed by atoms with Crippen LogP contribution in [0.4, 0.5) is 0 Å². The molecule has 0 N–H and O–H groups in total. The van der Waals surface area contributed by atoms with E-state index >= 15 is 0 Å². The van der Waals surface area contributed by atoms with Crippen molar-refractivity contribution in [3.05, 3.63) is 0 Å². The Hall–Kier alpha value is 0.310. The molecule has 0 bridgehead atoms. The molecule has 0 spiro atoms. The fourth-order valence-corrected chi connectivity index (χ4v) is 2.12. The number of hydrogen-bond acceptors (Lipinski definition) is 2. The van der Waals surface area contributed by atoms with Crippen LogP contribution in [0, 0.1) is 0 Å². The summed E-state index contributed by atoms with van der Waals surface area (Å²) in [5.74, 6) is 1.05. The van der Waals surface area contributed by atoms with Crippen LogP contribution in [0.5, 0.6) is 0 Å². The molecule has 0 heterocycles. The van der Waals surface area contributed by atoms with Gasteiger partial charge in [0.2, 0.25) is 0 Å². The number of rotatable bonds is 12. The first-order valence-corrected chi connectivity index (χ1v) is 7.81. The van der Waals surface area contributed by atoms with E-state index in [1.807, 2.05) is 0 Å². The van der Waals surface area contributed by atoms with E-state index in [-0.39, 0.29) is 0 Å². The molecule has 0 aromatic carbocycles. The van der Waals surface area contributed by atoms with Gasteiger partial charge in [-0.15, -0.1) is 0 Å². The summed E-state index contributed by atoms with van der Waals surface area (Å²) in [4.78, 5) is 2.66. The van der Waals surface area contributed by atoms with Gasteiger partial charge in [0.1, 0.15) is 0 Å². The van der Waals surface area contributed by atoms with Gasteiger partial charge in [-0.2, -0.15) is 12.6 Å². The summed E-state index contributed by atoms with van der Waals surface area (Å²) in [5, 5.41) is 0. The zero-order valence-electron chi connectivity index (χ0n) is 11.4. The number of nitrogens with zero attached hydrogens (tertiary/aromatic N) is 1. The van der Waals surface area contributed by atoms with Crippen molar-refractivity contribution in [2.45, 2.75) is 65.2 Å². The Kier molecular flexibility index (Phi) is 13.6. The lowest BCUT2D eigenvalue weighted by Crippen LogP contribution is -2.27. The van der Waals surface area contributed by atoms with Gasteiger partial charge >= 0.3 is 0 Å². The van der Waals surface area contributed by atoms with Gasteiger partial charge in [-0.1, -0.05) is 39.5 Å². The SMILES string of the molecule is CCCCN(CCCC)CCCCCCS. The molecule has 0 atom stereocenters. The van der Waals surface area contributed by atoms with Crippen molar-refractivity contribution in [3.8, 4) is 0 Å². The molecule has 0 aliphatic carbocycles. The minimum absolute atomic E-state index is 1.05. The molecule has 0 saturated carbocycles. The van der Waals surface area contributed by atoms with Crippen LogP contribution >= 0.6 is 12.6 Å². The van der Waals surface area contributed by atoms with Crippen molar-refractivity contribution in [3.63, 3.8) is 0 Å². The molecule has 1 nitrogen and oxygen atoms in total. The third kappa shape index (κ3) is 10.8. The van der Waals surface area contributed by atoms with Crippen molar-refractivity contribution in [2.24, 2.45) is 0 Å². The maximum atomic E-state index is 4.25. The van der Waals surface area contributed by atoms with Gasteiger partial charge in [-0.25, -0.2) is 0 Å². The van der Waals surface area contributed by atoms with Crippen molar-refractivity contribution < 1.29 is 0 Å². The number of hydrogen-bond donors (Lipinski definition) is 1. The second-order valence-electron chi connectivity index (χ2n) is 4.69. The summed E-state index contributed by atoms with van der Waals surface area (Å²) in [7, 11) is 0. The van der Waals surface area contributed by atoms with Gasteiger partial charge in [0.15, 0.2) is 0 Å². The minimum atomic E-state index is 1.05. The molecular formula is C14H31NS. The van der Waals surface area contributed by atoms with E-state index < -0.39 is 0 Å². The molecular weight excluding hydrogens is 214 g/mol. The first kappa shape index (κ1) is 16.3. The van der Waals surface area contributed by atoms with Crippen LogP contribution in [0.3, 0.4) is 0 Å². The molecule has 0 unspecified atom stereocenters. The molecule has 0 aromatic rings. The summed E-state index contributed by atoms with van der Waals surface area (Å²) in [6.45, 7) is 8.49. The largest absolute Gasteiger partial charge is 0.303 e. The highest BCUT2D eigenvalue weighted by Gasteiger charge is 2.02. The van der Waals surface area contributed by atoms with E-state index in [0.717, 1.165) is 5.75 Å². The molecule has 0 aromatic heterocycles. The van der Waals surface area contributed by atoms with E-state index in [1.165, 1.54) is 71.0 Å². The molecule has 0 aliphatic rings. The third-order valence-electron chi connectivity index (χ3n) is 3.04. The molecule has 0 rings (SSSR count). The lowest BCUT2D eigenvalue weighted by Gasteiger charge is -2.21. The van der Waals surface area contributed by atoms with Gasteiger partial charge in [-0.05, 0) is 51.1 Å². The van der Waals surface area contributed by atoms with Crippen LogP contribution in [-0.2, 0) is 0 Å². The quantitative estimate of drug-likeness (QED) is 0.394. The van der Waals surface area contributed by atoms with E-state index in [0.29, 0.717) is 0 Å². The van der Waals surface area contributed by atoms with Gasteiger partial charge < -0.3 is 4.90 Å². The Morgan fingerprint density at radius 1 is 0.688 bits per heavy atom. The standard InChI is InChI=1S/C14H31NS/c1-3-5-11-15(12-6-4-2)13-9-7-8-10-14-16/h16H,3-14H2,1-2H3. The van der Waals surface area contributed by atoms with Crippen molar-refractivity contribution in [1.82, 2.24) is 4.90 Å². The summed E-state index contributed by atoms with van der Waals surface area (Å²) < 4.78 is 0. The van der Waals surface area contributed by atoms with Crippen LogP contribution in [0.1, 0.15) is 65.2 Å². The van der Waals surface area contributed by atoms with E-state index in [2.05, 4.69) is 31.4 Å². The van der Waals surface area contributed by atoms with Crippen molar-refractivity contribution in [1.29, 1.82) is 0 Å². The van der Waals surface area contributed by atoms with Crippen LogP contribution in [0.2, 0.25) is 0 Å². The predicted octanol–water partition coefficient (Wildman–Crippen LogP) is 4.38. The fourth-order valence-electron chi connectivity index (χ4n) is 1.90. The Morgan fingerprint density at radius 3 is 1.69 bits per heavy atom. The van der Waals surface area contributed by atoms with Gasteiger partial charge in [-0.3, -0.25) is 0 Å². The van der Waals surface area contributed by atoms with Crippen LogP contribution in [0.15, 0.2) is 0 Å². The molecule has 16 heavy (non-hydrogen) atoms. The van der Waals surface area contributed by atoms with Crippen LogP contribution < -0.4 is 0 Å². The zero-order chi connectivity index (χ0) is 12.1. The lowest BCUT2D eigenvalue weighted by atomic mass is 10.2. The van der Waals surface area contributed by atoms with E-state index in [9.17, 15) is 0 Å². The topological polar surface area (TPSA) is 3.24 Å². The van der Waals surface area contributed by atoms with E-state index in [1.54, 1.807) is 0 Å². The second kappa shape index (κ2) is 13.4. The smallest absolute Gasteiger partial charge is 0.00187 e. The summed E-state index contributed by atoms with van der Waals surface area (Å²) in [6.07, 6.45) is 10.8. The first-order chi connectivity index (χ1) is 7.85. The molecule has 98 valence electrons. The van der Waals surface area contributed by atoms with Gasteiger partial charge in [0.25, 0.3) is 0 Å². The summed E-state index contributed by atoms with van der Waals surface area (Å²) in [6, 6.07) is 0. The third-order valence-corrected chi connectivity index (χ3v) is 3.35. The lowest BCUT2D eigenvalue weighted by molar-refractivity contribution is 0.259. The first-order valence-electron chi connectivity index (χ1n) is 7.18. The average Bonchev–Trinajstić information content (AvgIpc) is 2.31. The molecule has 0 amide bonds. The fraction of sp³-hybridized carbons (Fsp3) is 1.00. The van der Waals surface area contributed by atoms with Gasteiger partial charge in [0.05, 0.1) is 0 Å². The maximum Gasteiger partial charge on any atom is -0.00187 e. The van der Waals surface area contributed by atoms with Crippen LogP contribution in [-0.4, -0.2) is 30.3 Å². The van der Waals surface area contributed by atoms with E-state index in [4.69, 9.17) is 0 Å². The normalized spacial score (nSPS) is 11.2. The molecule has 0 radical (unpaired) electrons. The monoisotopic (exact) mass is 245 g/mol. The molecule has 0 aliphatic heterocycles. The highest BCUT2D eigenvalue weighted by Crippen LogP contribution is 2.05. The van der Waals surface area contributed by atoms with Crippen molar-refractivity contribution in [2.75, 3.05) is 25.4 Å². The predicted molar refractivity (Wildman–Crippen MR) is 78.6 cm³/mol. The van der Waals surface area contributed by atoms with Crippen LogP contribution in [0.25, 0.3) is 0 Å². The Labute approximate surface area is 108 Å². The molecule has 0 saturated heterocycles. The number of thiol groups is 1. The highest BCUT2D eigenvalue weighted by atomic mass is 32.1. The Balaban J connectivity index is 3.48. The average molecular weight is 245 g/mol. The number of unbranched alkanes of at least 4 members (excludes halogenated alkanes) is 5. The Morgan fingerprint density at radius 2 is 1.19 bits per heavy atom. The summed E-state index contributed by atoms with van der Waals surface area (Å²) >= 11 is 4.25. The molecule has 0 fully saturated rings. The maximum absolute atomic E-state index is 4.25. The van der Waals surface area contributed by atoms with Gasteiger partial charge in [0, 0.05) is 0 Å². The minimum Gasteiger partial charge on any atom is -0.303 e. The summed E-state index contributed by atoms with van der Waals surface area (Å²) in [5.41, 5.74) is 0. The Bertz CT molecular complexity index is 120. The second-order valence-corrected chi connectivity index (χ2v) is 5.13. The zero-order valence-corrected chi connectivity index (χ0v) is 12.3. The highest BCUT2D eigenvalue weighted by molar-refractivity contribution is 7.80.